The highest BCUT2D eigenvalue weighted by Crippen LogP contribution is 2.20. The van der Waals surface area contributed by atoms with Crippen LogP contribution < -0.4 is 4.74 Å². The average molecular weight is 234 g/mol. The molecule has 1 aromatic carbocycles. The fraction of sp³-hybridized carbons (Fsp3) is 0.500. The van der Waals surface area contributed by atoms with Crippen LogP contribution in [-0.4, -0.2) is 25.6 Å². The zero-order valence-corrected chi connectivity index (χ0v) is 10.4. The molecule has 3 heteroatoms. The molecule has 1 heterocycles. The summed E-state index contributed by atoms with van der Waals surface area (Å²) in [5, 5.41) is 0. The topological polar surface area (TPSA) is 35.5 Å². The average Bonchev–Trinajstić information content (AvgIpc) is 2.81. The van der Waals surface area contributed by atoms with Crippen molar-refractivity contribution in [2.75, 3.05) is 19.8 Å². The Morgan fingerprint density at radius 1 is 1.47 bits per heavy atom. The number of ketones is 1. The van der Waals surface area contributed by atoms with Gasteiger partial charge in [-0.2, -0.15) is 0 Å². The van der Waals surface area contributed by atoms with Crippen LogP contribution in [0.2, 0.25) is 0 Å². The van der Waals surface area contributed by atoms with Crippen LogP contribution in [0.15, 0.2) is 18.2 Å². The number of hydrogen-bond donors (Lipinski definition) is 0. The first-order chi connectivity index (χ1) is 8.16. The molecule has 1 aromatic rings. The molecule has 0 spiro atoms. The highest BCUT2D eigenvalue weighted by atomic mass is 16.5. The fourth-order valence-electron chi connectivity index (χ4n) is 2.02. The van der Waals surface area contributed by atoms with Gasteiger partial charge in [0.2, 0.25) is 0 Å². The Kier molecular flexibility index (Phi) is 3.79. The summed E-state index contributed by atoms with van der Waals surface area (Å²) < 4.78 is 10.8. The summed E-state index contributed by atoms with van der Waals surface area (Å²) in [6.07, 6.45) is 0.828. The van der Waals surface area contributed by atoms with E-state index in [4.69, 9.17) is 9.47 Å². The Hall–Kier alpha value is -1.35. The fourth-order valence-corrected chi connectivity index (χ4v) is 2.02. The zero-order valence-electron chi connectivity index (χ0n) is 10.4. The van der Waals surface area contributed by atoms with Crippen molar-refractivity contribution in [1.82, 2.24) is 0 Å². The minimum absolute atomic E-state index is 0.0285. The summed E-state index contributed by atoms with van der Waals surface area (Å²) in [6, 6.07) is 5.97. The Bertz CT molecular complexity index is 406. The van der Waals surface area contributed by atoms with Crippen LogP contribution in [0.1, 0.15) is 17.5 Å². The number of Topliss-reactive ketones (excluding diaryl/α,β-unsaturated/α-hetero) is 1. The van der Waals surface area contributed by atoms with E-state index in [9.17, 15) is 4.79 Å². The summed E-state index contributed by atoms with van der Waals surface area (Å²) in [5.41, 5.74) is 2.27. The molecule has 1 aliphatic rings. The van der Waals surface area contributed by atoms with Crippen LogP contribution in [0.5, 0.6) is 5.75 Å². The number of hydrogen-bond acceptors (Lipinski definition) is 3. The summed E-state index contributed by atoms with van der Waals surface area (Å²) in [6.45, 7) is 5.43. The second-order valence-corrected chi connectivity index (χ2v) is 4.58. The van der Waals surface area contributed by atoms with Crippen molar-refractivity contribution >= 4 is 5.78 Å². The van der Waals surface area contributed by atoms with Crippen molar-refractivity contribution in [1.29, 1.82) is 0 Å². The number of carbonyl (C=O) groups is 1. The third kappa shape index (κ3) is 3.07. The Morgan fingerprint density at radius 3 is 2.94 bits per heavy atom. The zero-order chi connectivity index (χ0) is 12.3. The van der Waals surface area contributed by atoms with Gasteiger partial charge in [0.05, 0.1) is 6.61 Å². The first kappa shape index (κ1) is 12.1. The Balaban J connectivity index is 1.90. The van der Waals surface area contributed by atoms with Gasteiger partial charge in [-0.05, 0) is 31.9 Å². The van der Waals surface area contributed by atoms with Gasteiger partial charge < -0.3 is 9.47 Å². The van der Waals surface area contributed by atoms with E-state index in [0.717, 1.165) is 17.7 Å². The van der Waals surface area contributed by atoms with Gasteiger partial charge in [-0.15, -0.1) is 0 Å². The first-order valence-electron chi connectivity index (χ1n) is 5.97. The largest absolute Gasteiger partial charge is 0.486 e. The van der Waals surface area contributed by atoms with Gasteiger partial charge in [0.1, 0.15) is 12.4 Å². The van der Waals surface area contributed by atoms with Gasteiger partial charge in [0.15, 0.2) is 5.78 Å². The molecule has 0 radical (unpaired) electrons. The highest BCUT2D eigenvalue weighted by molar-refractivity contribution is 5.82. The molecule has 0 aromatic heterocycles. The molecule has 0 N–H and O–H groups in total. The van der Waals surface area contributed by atoms with Gasteiger partial charge >= 0.3 is 0 Å². The molecule has 1 unspecified atom stereocenters. The molecular weight excluding hydrogens is 216 g/mol. The number of ether oxygens (including phenoxy) is 2. The molecule has 1 saturated heterocycles. The maximum absolute atomic E-state index is 11.8. The molecule has 92 valence electrons. The summed E-state index contributed by atoms with van der Waals surface area (Å²) >= 11 is 0. The van der Waals surface area contributed by atoms with E-state index in [1.807, 2.05) is 26.0 Å². The lowest BCUT2D eigenvalue weighted by Gasteiger charge is -2.11. The maximum atomic E-state index is 11.8. The lowest BCUT2D eigenvalue weighted by atomic mass is 10.0. The van der Waals surface area contributed by atoms with Gasteiger partial charge in [0.25, 0.3) is 0 Å². The van der Waals surface area contributed by atoms with Gasteiger partial charge in [-0.3, -0.25) is 4.79 Å². The minimum atomic E-state index is 0.0285. The van der Waals surface area contributed by atoms with Crippen LogP contribution in [0, 0.1) is 19.8 Å². The van der Waals surface area contributed by atoms with E-state index in [1.54, 1.807) is 0 Å². The number of carbonyl (C=O) groups excluding carboxylic acids is 1. The monoisotopic (exact) mass is 234 g/mol. The van der Waals surface area contributed by atoms with Crippen LogP contribution in [0.3, 0.4) is 0 Å². The highest BCUT2D eigenvalue weighted by Gasteiger charge is 2.23. The van der Waals surface area contributed by atoms with E-state index in [-0.39, 0.29) is 18.3 Å². The SMILES string of the molecule is Cc1ccc(OCC(=O)C2CCOC2)c(C)c1. The Morgan fingerprint density at radius 2 is 2.29 bits per heavy atom. The normalized spacial score (nSPS) is 19.3. The van der Waals surface area contributed by atoms with Crippen molar-refractivity contribution in [2.45, 2.75) is 20.3 Å². The maximum Gasteiger partial charge on any atom is 0.175 e. The van der Waals surface area contributed by atoms with Crippen LogP contribution in [-0.2, 0) is 9.53 Å². The van der Waals surface area contributed by atoms with E-state index >= 15 is 0 Å². The first-order valence-corrected chi connectivity index (χ1v) is 5.97. The van der Waals surface area contributed by atoms with Crippen LogP contribution in [0.25, 0.3) is 0 Å². The van der Waals surface area contributed by atoms with Crippen molar-refractivity contribution in [3.8, 4) is 5.75 Å². The second-order valence-electron chi connectivity index (χ2n) is 4.58. The van der Waals surface area contributed by atoms with Crippen LogP contribution in [0.4, 0.5) is 0 Å². The molecule has 0 bridgehead atoms. The number of rotatable bonds is 4. The number of benzene rings is 1. The summed E-state index contributed by atoms with van der Waals surface area (Å²) in [7, 11) is 0. The van der Waals surface area contributed by atoms with E-state index in [1.165, 1.54) is 5.56 Å². The van der Waals surface area contributed by atoms with E-state index in [0.29, 0.717) is 13.2 Å². The predicted molar refractivity (Wildman–Crippen MR) is 65.3 cm³/mol. The molecule has 0 saturated carbocycles. The molecule has 17 heavy (non-hydrogen) atoms. The second kappa shape index (κ2) is 5.32. The molecule has 1 aliphatic heterocycles. The van der Waals surface area contributed by atoms with Gasteiger partial charge in [-0.1, -0.05) is 17.7 Å². The summed E-state index contributed by atoms with van der Waals surface area (Å²) in [4.78, 5) is 11.8. The standard InChI is InChI=1S/C14H18O3/c1-10-3-4-14(11(2)7-10)17-9-13(15)12-5-6-16-8-12/h3-4,7,12H,5-6,8-9H2,1-2H3. The molecule has 1 atom stereocenters. The lowest BCUT2D eigenvalue weighted by molar-refractivity contribution is -0.124. The van der Waals surface area contributed by atoms with E-state index in [2.05, 4.69) is 6.07 Å². The molecule has 2 rings (SSSR count). The third-order valence-corrected chi connectivity index (χ3v) is 3.09. The molecule has 0 amide bonds. The smallest absolute Gasteiger partial charge is 0.175 e. The van der Waals surface area contributed by atoms with Crippen molar-refractivity contribution in [3.05, 3.63) is 29.3 Å². The molecule has 3 nitrogen and oxygen atoms in total. The number of aryl methyl sites for hydroxylation is 2. The van der Waals surface area contributed by atoms with Crippen molar-refractivity contribution in [3.63, 3.8) is 0 Å². The molecular formula is C14H18O3. The lowest BCUT2D eigenvalue weighted by Crippen LogP contribution is -2.21. The summed E-state index contributed by atoms with van der Waals surface area (Å²) in [5.74, 6) is 0.964. The molecule has 1 fully saturated rings. The predicted octanol–water partition coefficient (Wildman–Crippen LogP) is 2.29. The minimum Gasteiger partial charge on any atom is -0.486 e. The Labute approximate surface area is 102 Å². The quantitative estimate of drug-likeness (QED) is 0.801. The molecule has 0 aliphatic carbocycles. The third-order valence-electron chi connectivity index (χ3n) is 3.09. The van der Waals surface area contributed by atoms with Crippen molar-refractivity contribution < 1.29 is 14.3 Å². The van der Waals surface area contributed by atoms with Gasteiger partial charge in [0, 0.05) is 12.5 Å². The van der Waals surface area contributed by atoms with E-state index < -0.39 is 0 Å². The van der Waals surface area contributed by atoms with Crippen molar-refractivity contribution in [2.24, 2.45) is 5.92 Å². The van der Waals surface area contributed by atoms with Gasteiger partial charge in [-0.25, -0.2) is 0 Å². The van der Waals surface area contributed by atoms with Crippen LogP contribution >= 0.6 is 0 Å².